The van der Waals surface area contributed by atoms with E-state index in [1.54, 1.807) is 0 Å². The number of H-pyrrole nitrogens is 1. The lowest BCUT2D eigenvalue weighted by Gasteiger charge is -2.01. The van der Waals surface area contributed by atoms with Crippen molar-refractivity contribution in [3.05, 3.63) is 24.0 Å². The normalized spacial score (nSPS) is 10.4. The summed E-state index contributed by atoms with van der Waals surface area (Å²) in [5.41, 5.74) is 2.49. The van der Waals surface area contributed by atoms with E-state index in [1.165, 1.54) is 6.92 Å². The zero-order valence-corrected chi connectivity index (χ0v) is 8.09. The quantitative estimate of drug-likeness (QED) is 0.719. The van der Waals surface area contributed by atoms with Gasteiger partial charge in [0.05, 0.1) is 11.2 Å². The number of aryl methyl sites for hydroxylation is 1. The van der Waals surface area contributed by atoms with Gasteiger partial charge in [0, 0.05) is 6.92 Å². The van der Waals surface area contributed by atoms with Crippen molar-refractivity contribution >= 4 is 22.6 Å². The van der Waals surface area contributed by atoms with E-state index in [0.717, 1.165) is 22.5 Å². The number of rotatable bonds is 1. The molecule has 0 aliphatic carbocycles. The van der Waals surface area contributed by atoms with Crippen molar-refractivity contribution < 1.29 is 4.79 Å². The monoisotopic (exact) mass is 189 g/mol. The van der Waals surface area contributed by atoms with Gasteiger partial charge < -0.3 is 10.3 Å². The zero-order chi connectivity index (χ0) is 10.1. The lowest BCUT2D eigenvalue weighted by Crippen LogP contribution is -2.05. The third-order valence-electron chi connectivity index (χ3n) is 1.94. The summed E-state index contributed by atoms with van der Waals surface area (Å²) in [6.07, 6.45) is 0. The maximum Gasteiger partial charge on any atom is 0.221 e. The summed E-state index contributed by atoms with van der Waals surface area (Å²) >= 11 is 0. The zero-order valence-electron chi connectivity index (χ0n) is 8.09. The number of amides is 1. The third-order valence-corrected chi connectivity index (χ3v) is 1.94. The number of aromatic amines is 1. The fourth-order valence-corrected chi connectivity index (χ4v) is 1.45. The lowest BCUT2D eigenvalue weighted by molar-refractivity contribution is -0.114. The van der Waals surface area contributed by atoms with Gasteiger partial charge in [-0.1, -0.05) is 6.07 Å². The van der Waals surface area contributed by atoms with Gasteiger partial charge in [0.15, 0.2) is 0 Å². The molecule has 0 aliphatic rings. The first-order valence-corrected chi connectivity index (χ1v) is 4.40. The first kappa shape index (κ1) is 8.74. The van der Waals surface area contributed by atoms with E-state index in [-0.39, 0.29) is 5.91 Å². The molecule has 2 rings (SSSR count). The van der Waals surface area contributed by atoms with E-state index in [4.69, 9.17) is 0 Å². The molecule has 1 aromatic carbocycles. The van der Waals surface area contributed by atoms with Crippen LogP contribution in [0.4, 0.5) is 5.69 Å². The molecule has 2 aromatic rings. The largest absolute Gasteiger partial charge is 0.342 e. The number of nitrogens with one attached hydrogen (secondary N) is 2. The van der Waals surface area contributed by atoms with Gasteiger partial charge in [0.1, 0.15) is 11.3 Å². The number of carbonyl (C=O) groups is 1. The Morgan fingerprint density at radius 3 is 3.00 bits per heavy atom. The highest BCUT2D eigenvalue weighted by atomic mass is 16.1. The highest BCUT2D eigenvalue weighted by molar-refractivity contribution is 5.98. The van der Waals surface area contributed by atoms with E-state index in [9.17, 15) is 4.79 Å². The van der Waals surface area contributed by atoms with Gasteiger partial charge in [0.2, 0.25) is 5.91 Å². The van der Waals surface area contributed by atoms with Gasteiger partial charge in [0.25, 0.3) is 0 Å². The molecule has 72 valence electrons. The number of para-hydroxylation sites is 1. The van der Waals surface area contributed by atoms with Crippen LogP contribution in [0.1, 0.15) is 12.7 Å². The fraction of sp³-hybridized carbons (Fsp3) is 0.200. The Labute approximate surface area is 81.3 Å². The molecule has 2 N–H and O–H groups in total. The summed E-state index contributed by atoms with van der Waals surface area (Å²) in [6, 6.07) is 5.65. The van der Waals surface area contributed by atoms with Crippen LogP contribution >= 0.6 is 0 Å². The van der Waals surface area contributed by atoms with E-state index >= 15 is 0 Å². The smallest absolute Gasteiger partial charge is 0.221 e. The highest BCUT2D eigenvalue weighted by Crippen LogP contribution is 2.20. The first-order valence-electron chi connectivity index (χ1n) is 4.40. The minimum Gasteiger partial charge on any atom is -0.342 e. The summed E-state index contributed by atoms with van der Waals surface area (Å²) in [5.74, 6) is 0.760. The second-order valence-electron chi connectivity index (χ2n) is 3.21. The Bertz CT molecular complexity index is 487. The number of imidazole rings is 1. The van der Waals surface area contributed by atoms with Crippen LogP contribution in [0.3, 0.4) is 0 Å². The van der Waals surface area contributed by atoms with Gasteiger partial charge in [-0.25, -0.2) is 4.98 Å². The summed E-state index contributed by atoms with van der Waals surface area (Å²) in [5, 5.41) is 2.74. The van der Waals surface area contributed by atoms with Crippen LogP contribution < -0.4 is 5.32 Å². The molecule has 0 aliphatic heterocycles. The summed E-state index contributed by atoms with van der Waals surface area (Å²) in [6.45, 7) is 3.37. The molecule has 0 saturated heterocycles. The van der Waals surface area contributed by atoms with Crippen LogP contribution in [0.5, 0.6) is 0 Å². The number of nitrogens with zero attached hydrogens (tertiary/aromatic N) is 1. The Morgan fingerprint density at radius 1 is 1.50 bits per heavy atom. The molecule has 0 atom stereocenters. The minimum absolute atomic E-state index is 0.0850. The maximum absolute atomic E-state index is 10.9. The van der Waals surface area contributed by atoms with Gasteiger partial charge in [-0.3, -0.25) is 4.79 Å². The van der Waals surface area contributed by atoms with Crippen molar-refractivity contribution in [1.29, 1.82) is 0 Å². The molecular formula is C10H11N3O. The second kappa shape index (κ2) is 3.14. The molecule has 1 aromatic heterocycles. The predicted molar refractivity (Wildman–Crippen MR) is 55.1 cm³/mol. The highest BCUT2D eigenvalue weighted by Gasteiger charge is 2.05. The molecule has 0 spiro atoms. The number of carbonyl (C=O) groups excluding carboxylic acids is 1. The molecule has 4 heteroatoms. The Balaban J connectivity index is 2.58. The molecule has 0 saturated carbocycles. The molecule has 4 nitrogen and oxygen atoms in total. The summed E-state index contributed by atoms with van der Waals surface area (Å²) in [4.78, 5) is 18.3. The van der Waals surface area contributed by atoms with E-state index in [0.29, 0.717) is 0 Å². The van der Waals surface area contributed by atoms with Crippen molar-refractivity contribution in [1.82, 2.24) is 9.97 Å². The van der Waals surface area contributed by atoms with Gasteiger partial charge in [-0.05, 0) is 19.1 Å². The molecule has 0 unspecified atom stereocenters. The molecule has 0 radical (unpaired) electrons. The van der Waals surface area contributed by atoms with E-state index < -0.39 is 0 Å². The predicted octanol–water partition coefficient (Wildman–Crippen LogP) is 1.83. The third kappa shape index (κ3) is 1.46. The molecule has 1 amide bonds. The maximum atomic E-state index is 10.9. The van der Waals surface area contributed by atoms with Crippen LogP contribution in [0.15, 0.2) is 18.2 Å². The summed E-state index contributed by atoms with van der Waals surface area (Å²) < 4.78 is 0. The summed E-state index contributed by atoms with van der Waals surface area (Å²) in [7, 11) is 0. The van der Waals surface area contributed by atoms with Crippen LogP contribution in [0, 0.1) is 6.92 Å². The van der Waals surface area contributed by atoms with Crippen molar-refractivity contribution in [2.45, 2.75) is 13.8 Å². The Kier molecular flexibility index (Phi) is 1.96. The SMILES string of the molecule is CC(=O)Nc1cccc2[nH]c(C)nc12. The van der Waals surface area contributed by atoms with Crippen molar-refractivity contribution in [2.24, 2.45) is 0 Å². The minimum atomic E-state index is -0.0850. The number of hydrogen-bond acceptors (Lipinski definition) is 2. The van der Waals surface area contributed by atoms with Gasteiger partial charge in [-0.15, -0.1) is 0 Å². The van der Waals surface area contributed by atoms with Crippen LogP contribution in [-0.2, 0) is 4.79 Å². The van der Waals surface area contributed by atoms with Crippen molar-refractivity contribution in [3.8, 4) is 0 Å². The lowest BCUT2D eigenvalue weighted by atomic mass is 10.2. The van der Waals surface area contributed by atoms with Crippen LogP contribution in [0.2, 0.25) is 0 Å². The van der Waals surface area contributed by atoms with E-state index in [2.05, 4.69) is 15.3 Å². The van der Waals surface area contributed by atoms with Crippen molar-refractivity contribution in [3.63, 3.8) is 0 Å². The number of fused-ring (bicyclic) bond motifs is 1. The van der Waals surface area contributed by atoms with Crippen molar-refractivity contribution in [2.75, 3.05) is 5.32 Å². The fourth-order valence-electron chi connectivity index (χ4n) is 1.45. The van der Waals surface area contributed by atoms with Crippen LogP contribution in [-0.4, -0.2) is 15.9 Å². The Morgan fingerprint density at radius 2 is 2.29 bits per heavy atom. The standard InChI is InChI=1S/C10H11N3O/c1-6-11-8-4-3-5-9(10(8)12-6)13-7(2)14/h3-5H,1-2H3,(H,11,12)(H,13,14). The number of aromatic nitrogens is 2. The number of hydrogen-bond donors (Lipinski definition) is 2. The molecule has 0 fully saturated rings. The van der Waals surface area contributed by atoms with Gasteiger partial charge in [-0.2, -0.15) is 0 Å². The number of benzene rings is 1. The van der Waals surface area contributed by atoms with E-state index in [1.807, 2.05) is 25.1 Å². The van der Waals surface area contributed by atoms with Crippen LogP contribution in [0.25, 0.3) is 11.0 Å². The molecule has 0 bridgehead atoms. The van der Waals surface area contributed by atoms with Gasteiger partial charge >= 0.3 is 0 Å². The second-order valence-corrected chi connectivity index (χ2v) is 3.21. The number of anilines is 1. The average Bonchev–Trinajstić information content (AvgIpc) is 2.45. The topological polar surface area (TPSA) is 57.8 Å². The molecular weight excluding hydrogens is 178 g/mol. The molecule has 14 heavy (non-hydrogen) atoms. The Hall–Kier alpha value is -1.84. The first-order chi connectivity index (χ1) is 6.66. The molecule has 1 heterocycles. The average molecular weight is 189 g/mol.